The number of likely N-dealkylation sites (tertiary alicyclic amines) is 1. The van der Waals surface area contributed by atoms with Crippen molar-refractivity contribution in [3.8, 4) is 0 Å². The summed E-state index contributed by atoms with van der Waals surface area (Å²) >= 11 is 0. The first-order chi connectivity index (χ1) is 16.0. The summed E-state index contributed by atoms with van der Waals surface area (Å²) < 4.78 is 0. The highest BCUT2D eigenvalue weighted by Gasteiger charge is 2.51. The van der Waals surface area contributed by atoms with E-state index in [2.05, 4.69) is 16.0 Å². The molecular formula is C26H36N4O3. The summed E-state index contributed by atoms with van der Waals surface area (Å²) in [6.45, 7) is 1.28. The molecule has 0 spiro atoms. The lowest BCUT2D eigenvalue weighted by Crippen LogP contribution is -2.50. The largest absolute Gasteiger partial charge is 0.347 e. The quantitative estimate of drug-likeness (QED) is 0.617. The number of nitrogens with one attached hydrogen (secondary N) is 3. The number of urea groups is 1. The number of hydrogen-bond donors (Lipinski definition) is 3. The van der Waals surface area contributed by atoms with Gasteiger partial charge in [-0.25, -0.2) is 4.79 Å². The van der Waals surface area contributed by atoms with Crippen LogP contribution in [0.1, 0.15) is 57.8 Å². The van der Waals surface area contributed by atoms with E-state index < -0.39 is 0 Å². The Morgan fingerprint density at radius 3 is 2.12 bits per heavy atom. The third kappa shape index (κ3) is 5.33. The van der Waals surface area contributed by atoms with E-state index in [1.807, 2.05) is 30.3 Å². The third-order valence-electron chi connectivity index (χ3n) is 8.35. The van der Waals surface area contributed by atoms with Crippen LogP contribution in [0.15, 0.2) is 30.3 Å². The third-order valence-corrected chi connectivity index (χ3v) is 8.35. The van der Waals surface area contributed by atoms with E-state index in [4.69, 9.17) is 0 Å². The van der Waals surface area contributed by atoms with Crippen LogP contribution in [0.25, 0.3) is 0 Å². The van der Waals surface area contributed by atoms with Gasteiger partial charge in [-0.15, -0.1) is 0 Å². The second-order valence-corrected chi connectivity index (χ2v) is 11.0. The van der Waals surface area contributed by atoms with E-state index in [0.29, 0.717) is 19.5 Å². The Kier molecular flexibility index (Phi) is 6.30. The van der Waals surface area contributed by atoms with E-state index in [0.717, 1.165) is 36.3 Å². The van der Waals surface area contributed by atoms with Crippen molar-refractivity contribution >= 4 is 23.5 Å². The molecule has 1 aromatic carbocycles. The number of nitrogens with zero attached hydrogens (tertiary/aromatic N) is 1. The maximum Gasteiger partial charge on any atom is 0.319 e. The average Bonchev–Trinajstić information content (AvgIpc) is 2.77. The number of carbonyl (C=O) groups excluding carboxylic acids is 3. The molecule has 0 radical (unpaired) electrons. The van der Waals surface area contributed by atoms with Gasteiger partial charge in [0.25, 0.3) is 0 Å². The summed E-state index contributed by atoms with van der Waals surface area (Å²) in [5, 5.41) is 8.74. The topological polar surface area (TPSA) is 90.5 Å². The van der Waals surface area contributed by atoms with Crippen molar-refractivity contribution in [3.05, 3.63) is 30.3 Å². The molecule has 0 aromatic heterocycles. The van der Waals surface area contributed by atoms with E-state index >= 15 is 0 Å². The van der Waals surface area contributed by atoms with E-state index in [1.165, 1.54) is 38.5 Å². The smallest absolute Gasteiger partial charge is 0.319 e. The maximum absolute atomic E-state index is 12.7. The van der Waals surface area contributed by atoms with Gasteiger partial charge < -0.3 is 20.9 Å². The van der Waals surface area contributed by atoms with Gasteiger partial charge in [0.1, 0.15) is 0 Å². The number of benzene rings is 1. The zero-order chi connectivity index (χ0) is 22.8. The predicted octanol–water partition coefficient (Wildman–Crippen LogP) is 3.52. The molecule has 1 saturated heterocycles. The lowest BCUT2D eigenvalue weighted by atomic mass is 9.49. The van der Waals surface area contributed by atoms with Gasteiger partial charge >= 0.3 is 6.03 Å². The Bertz CT molecular complexity index is 843. The molecule has 5 fully saturated rings. The minimum Gasteiger partial charge on any atom is -0.347 e. The SMILES string of the molecule is O=C(CC12CC3CC(CC(C3)C1)C2)NCC(=O)N1CCC(NC(=O)Nc2ccccc2)CC1. The summed E-state index contributed by atoms with van der Waals surface area (Å²) in [5.74, 6) is 2.50. The number of rotatable bonds is 6. The highest BCUT2D eigenvalue weighted by atomic mass is 16.2. The van der Waals surface area contributed by atoms with E-state index in [9.17, 15) is 14.4 Å². The fraction of sp³-hybridized carbons (Fsp3) is 0.654. The zero-order valence-electron chi connectivity index (χ0n) is 19.4. The van der Waals surface area contributed by atoms with Gasteiger partial charge in [0.2, 0.25) is 11.8 Å². The number of carbonyl (C=O) groups is 3. The minimum absolute atomic E-state index is 0.0268. The van der Waals surface area contributed by atoms with Gasteiger partial charge in [0, 0.05) is 31.2 Å². The summed E-state index contributed by atoms with van der Waals surface area (Å²) in [5.41, 5.74) is 0.957. The molecule has 4 saturated carbocycles. The standard InChI is InChI=1S/C26H36N4O3/c31-23(16-26-13-18-10-19(14-26)12-20(11-18)15-26)27-17-24(32)30-8-6-22(7-9-30)29-25(33)28-21-4-2-1-3-5-21/h1-5,18-20,22H,6-17H2,(H,27,31)(H2,28,29,33). The fourth-order valence-corrected chi connectivity index (χ4v) is 7.34. The van der Waals surface area contributed by atoms with E-state index in [1.54, 1.807) is 4.90 Å². The molecule has 0 atom stereocenters. The number of anilines is 1. The number of hydrogen-bond acceptors (Lipinski definition) is 3. The molecule has 7 nitrogen and oxygen atoms in total. The molecule has 1 aliphatic heterocycles. The fourth-order valence-electron chi connectivity index (χ4n) is 7.34. The van der Waals surface area contributed by atoms with Gasteiger partial charge in [-0.05, 0) is 86.7 Å². The van der Waals surface area contributed by atoms with Crippen molar-refractivity contribution in [1.29, 1.82) is 0 Å². The molecule has 7 heteroatoms. The van der Waals surface area contributed by atoms with Crippen molar-refractivity contribution in [2.75, 3.05) is 25.0 Å². The number of amides is 4. The molecule has 3 N–H and O–H groups in total. The van der Waals surface area contributed by atoms with Crippen LogP contribution in [0.5, 0.6) is 0 Å². The first kappa shape index (κ1) is 22.2. The normalized spacial score (nSPS) is 30.7. The Balaban J connectivity index is 1.01. The highest BCUT2D eigenvalue weighted by molar-refractivity contribution is 5.89. The lowest BCUT2D eigenvalue weighted by molar-refractivity contribution is -0.136. The minimum atomic E-state index is -0.220. The molecular weight excluding hydrogens is 416 g/mol. The summed E-state index contributed by atoms with van der Waals surface area (Å²) in [7, 11) is 0. The molecule has 5 aliphatic rings. The lowest BCUT2D eigenvalue weighted by Gasteiger charge is -2.56. The Labute approximate surface area is 196 Å². The highest BCUT2D eigenvalue weighted by Crippen LogP contribution is 2.61. The van der Waals surface area contributed by atoms with Gasteiger partial charge in [0.15, 0.2) is 0 Å². The van der Waals surface area contributed by atoms with Crippen LogP contribution in [0.2, 0.25) is 0 Å². The molecule has 4 amide bonds. The summed E-state index contributed by atoms with van der Waals surface area (Å²) in [4.78, 5) is 39.3. The predicted molar refractivity (Wildman–Crippen MR) is 126 cm³/mol. The van der Waals surface area contributed by atoms with Crippen molar-refractivity contribution in [1.82, 2.24) is 15.5 Å². The molecule has 6 rings (SSSR count). The van der Waals surface area contributed by atoms with Crippen LogP contribution in [0.3, 0.4) is 0 Å². The second kappa shape index (κ2) is 9.35. The molecule has 33 heavy (non-hydrogen) atoms. The first-order valence-corrected chi connectivity index (χ1v) is 12.6. The second-order valence-electron chi connectivity index (χ2n) is 11.0. The average molecular weight is 453 g/mol. The molecule has 4 aliphatic carbocycles. The van der Waals surface area contributed by atoms with Crippen LogP contribution >= 0.6 is 0 Å². The van der Waals surface area contributed by atoms with Gasteiger partial charge in [0.05, 0.1) is 6.54 Å². The first-order valence-electron chi connectivity index (χ1n) is 12.6. The molecule has 1 aromatic rings. The van der Waals surface area contributed by atoms with Crippen LogP contribution < -0.4 is 16.0 Å². The Hall–Kier alpha value is -2.57. The zero-order valence-corrected chi connectivity index (χ0v) is 19.4. The summed E-state index contributed by atoms with van der Waals surface area (Å²) in [6.07, 6.45) is 9.76. The van der Waals surface area contributed by atoms with E-state index in [-0.39, 0.29) is 35.8 Å². The van der Waals surface area contributed by atoms with Gasteiger partial charge in [-0.3, -0.25) is 9.59 Å². The van der Waals surface area contributed by atoms with Gasteiger partial charge in [-0.2, -0.15) is 0 Å². The number of piperidine rings is 1. The van der Waals surface area contributed by atoms with Crippen molar-refractivity contribution < 1.29 is 14.4 Å². The molecule has 4 bridgehead atoms. The van der Waals surface area contributed by atoms with Crippen LogP contribution in [0.4, 0.5) is 10.5 Å². The Morgan fingerprint density at radius 2 is 1.52 bits per heavy atom. The van der Waals surface area contributed by atoms with Crippen molar-refractivity contribution in [3.63, 3.8) is 0 Å². The molecule has 1 heterocycles. The molecule has 178 valence electrons. The van der Waals surface area contributed by atoms with Crippen molar-refractivity contribution in [2.24, 2.45) is 23.2 Å². The monoisotopic (exact) mass is 452 g/mol. The van der Waals surface area contributed by atoms with Gasteiger partial charge in [-0.1, -0.05) is 18.2 Å². The summed E-state index contributed by atoms with van der Waals surface area (Å²) in [6, 6.07) is 9.17. The Morgan fingerprint density at radius 1 is 0.909 bits per heavy atom. The molecule has 0 unspecified atom stereocenters. The number of para-hydroxylation sites is 1. The van der Waals surface area contributed by atoms with Crippen LogP contribution in [-0.2, 0) is 9.59 Å². The maximum atomic E-state index is 12.7. The van der Waals surface area contributed by atoms with Crippen molar-refractivity contribution in [2.45, 2.75) is 63.8 Å². The van der Waals surface area contributed by atoms with Crippen LogP contribution in [0, 0.1) is 23.2 Å². The van der Waals surface area contributed by atoms with Crippen LogP contribution in [-0.4, -0.2) is 48.4 Å².